The predicted octanol–water partition coefficient (Wildman–Crippen LogP) is 3.09. The summed E-state index contributed by atoms with van der Waals surface area (Å²) in [6.45, 7) is 2.64. The summed E-state index contributed by atoms with van der Waals surface area (Å²) in [5.41, 5.74) is 0.977. The molecule has 0 aliphatic carbocycles. The molecule has 136 valence electrons. The van der Waals surface area contributed by atoms with Gasteiger partial charge in [0.25, 0.3) is 0 Å². The Kier molecular flexibility index (Phi) is 6.49. The average Bonchev–Trinajstić information content (AvgIpc) is 2.66. The van der Waals surface area contributed by atoms with Crippen LogP contribution in [0.1, 0.15) is 34.6 Å². The second-order valence-corrected chi connectivity index (χ2v) is 5.59. The van der Waals surface area contributed by atoms with E-state index in [1.54, 1.807) is 48.5 Å². The fourth-order valence-electron chi connectivity index (χ4n) is 2.20. The second-order valence-electron chi connectivity index (χ2n) is 5.59. The lowest BCUT2D eigenvalue weighted by Crippen LogP contribution is -2.27. The zero-order valence-corrected chi connectivity index (χ0v) is 14.9. The summed E-state index contributed by atoms with van der Waals surface area (Å²) in [5, 5.41) is 0. The summed E-state index contributed by atoms with van der Waals surface area (Å²) < 4.78 is 15.4. The van der Waals surface area contributed by atoms with Crippen molar-refractivity contribution in [2.75, 3.05) is 13.7 Å². The van der Waals surface area contributed by atoms with Gasteiger partial charge in [-0.05, 0) is 62.4 Å². The van der Waals surface area contributed by atoms with Crippen LogP contribution in [0.25, 0.3) is 0 Å². The molecule has 2 rings (SSSR count). The monoisotopic (exact) mass is 356 g/mol. The maximum Gasteiger partial charge on any atom is 0.344 e. The predicted molar refractivity (Wildman–Crippen MR) is 94.8 cm³/mol. The van der Waals surface area contributed by atoms with Gasteiger partial charge in [0.2, 0.25) is 5.78 Å². The third kappa shape index (κ3) is 5.17. The number of hydrogen-bond donors (Lipinski definition) is 0. The topological polar surface area (TPSA) is 78.9 Å². The number of hydrogen-bond acceptors (Lipinski definition) is 6. The minimum Gasteiger partial charge on any atom is -0.497 e. The molecule has 2 aromatic rings. The van der Waals surface area contributed by atoms with E-state index in [2.05, 4.69) is 0 Å². The molecule has 0 radical (unpaired) electrons. The van der Waals surface area contributed by atoms with Gasteiger partial charge in [-0.25, -0.2) is 4.79 Å². The Hall–Kier alpha value is -3.15. The Labute approximate surface area is 151 Å². The number of ether oxygens (including phenoxy) is 3. The maximum atomic E-state index is 12.3. The fraction of sp³-hybridized carbons (Fsp3) is 0.250. The highest BCUT2D eigenvalue weighted by Gasteiger charge is 2.20. The zero-order valence-electron chi connectivity index (χ0n) is 14.9. The molecule has 2 aromatic carbocycles. The van der Waals surface area contributed by atoms with Crippen LogP contribution < -0.4 is 9.47 Å². The van der Waals surface area contributed by atoms with E-state index in [0.29, 0.717) is 22.6 Å². The molecule has 0 bridgehead atoms. The normalized spacial score (nSPS) is 11.3. The van der Waals surface area contributed by atoms with Gasteiger partial charge in [0, 0.05) is 11.1 Å². The Morgan fingerprint density at radius 3 is 1.96 bits per heavy atom. The molecule has 6 nitrogen and oxygen atoms in total. The van der Waals surface area contributed by atoms with Crippen molar-refractivity contribution in [1.29, 1.82) is 0 Å². The van der Waals surface area contributed by atoms with Gasteiger partial charge < -0.3 is 14.2 Å². The van der Waals surface area contributed by atoms with E-state index in [4.69, 9.17) is 14.2 Å². The van der Waals surface area contributed by atoms with Crippen LogP contribution in [0.2, 0.25) is 0 Å². The molecule has 0 fully saturated rings. The number of methoxy groups -OCH3 is 1. The Balaban J connectivity index is 1.85. The number of rotatable bonds is 8. The first-order valence-corrected chi connectivity index (χ1v) is 8.02. The standard InChI is InChI=1S/C20H20O6/c1-13(21)15-4-10-18(11-5-15)25-12-19(22)26-14(2)20(23)16-6-8-17(24-3)9-7-16/h4-11,14H,12H2,1-3H3/t14-/m1/s1. The molecular weight excluding hydrogens is 336 g/mol. The van der Waals surface area contributed by atoms with Crippen molar-refractivity contribution in [3.8, 4) is 11.5 Å². The Morgan fingerprint density at radius 1 is 0.885 bits per heavy atom. The molecule has 0 unspecified atom stereocenters. The molecule has 0 aliphatic rings. The van der Waals surface area contributed by atoms with Crippen LogP contribution in [-0.2, 0) is 9.53 Å². The van der Waals surface area contributed by atoms with Crippen LogP contribution >= 0.6 is 0 Å². The fourth-order valence-corrected chi connectivity index (χ4v) is 2.20. The third-order valence-electron chi connectivity index (χ3n) is 3.67. The van der Waals surface area contributed by atoms with Crippen LogP contribution in [0.15, 0.2) is 48.5 Å². The lowest BCUT2D eigenvalue weighted by molar-refractivity contribution is -0.148. The van der Waals surface area contributed by atoms with Crippen molar-refractivity contribution in [2.45, 2.75) is 20.0 Å². The van der Waals surface area contributed by atoms with E-state index in [9.17, 15) is 14.4 Å². The number of ketones is 2. The minimum absolute atomic E-state index is 0.0539. The van der Waals surface area contributed by atoms with Gasteiger partial charge in [-0.15, -0.1) is 0 Å². The lowest BCUT2D eigenvalue weighted by atomic mass is 10.1. The number of esters is 1. The molecule has 0 aliphatic heterocycles. The first-order valence-electron chi connectivity index (χ1n) is 8.02. The second kappa shape index (κ2) is 8.80. The summed E-state index contributed by atoms with van der Waals surface area (Å²) >= 11 is 0. The lowest BCUT2D eigenvalue weighted by Gasteiger charge is -2.13. The molecule has 6 heteroatoms. The first-order chi connectivity index (χ1) is 12.4. The molecule has 0 amide bonds. The van der Waals surface area contributed by atoms with Crippen LogP contribution in [0.3, 0.4) is 0 Å². The first kappa shape index (κ1) is 19.2. The summed E-state index contributed by atoms with van der Waals surface area (Å²) in [6.07, 6.45) is -0.931. The highest BCUT2D eigenvalue weighted by molar-refractivity contribution is 6.00. The summed E-state index contributed by atoms with van der Waals surface area (Å²) in [4.78, 5) is 35.3. The van der Waals surface area contributed by atoms with Crippen molar-refractivity contribution >= 4 is 17.5 Å². The summed E-state index contributed by atoms with van der Waals surface area (Å²) in [6, 6.07) is 13.0. The van der Waals surface area contributed by atoms with Gasteiger partial charge in [0.15, 0.2) is 18.5 Å². The number of carbonyl (C=O) groups is 3. The molecule has 26 heavy (non-hydrogen) atoms. The maximum absolute atomic E-state index is 12.3. The van der Waals surface area contributed by atoms with Gasteiger partial charge in [-0.1, -0.05) is 0 Å². The summed E-state index contributed by atoms with van der Waals surface area (Å²) in [7, 11) is 1.54. The average molecular weight is 356 g/mol. The van der Waals surface area contributed by atoms with Crippen molar-refractivity contribution in [2.24, 2.45) is 0 Å². The SMILES string of the molecule is COc1ccc(C(=O)[C@@H](C)OC(=O)COc2ccc(C(C)=O)cc2)cc1. The number of carbonyl (C=O) groups excluding carboxylic acids is 3. The molecule has 0 aromatic heterocycles. The van der Waals surface area contributed by atoms with Crippen LogP contribution in [-0.4, -0.2) is 37.4 Å². The summed E-state index contributed by atoms with van der Waals surface area (Å²) in [5.74, 6) is 0.0418. The van der Waals surface area contributed by atoms with Gasteiger partial charge >= 0.3 is 5.97 Å². The van der Waals surface area contributed by atoms with Crippen LogP contribution in [0, 0.1) is 0 Å². The van der Waals surface area contributed by atoms with E-state index < -0.39 is 12.1 Å². The smallest absolute Gasteiger partial charge is 0.344 e. The quantitative estimate of drug-likeness (QED) is 0.534. The molecule has 0 heterocycles. The molecule has 1 atom stereocenters. The highest BCUT2D eigenvalue weighted by atomic mass is 16.6. The van der Waals surface area contributed by atoms with Crippen LogP contribution in [0.5, 0.6) is 11.5 Å². The van der Waals surface area contributed by atoms with Gasteiger partial charge in [-0.3, -0.25) is 9.59 Å². The molecular formula is C20H20O6. The zero-order chi connectivity index (χ0) is 19.1. The van der Waals surface area contributed by atoms with E-state index in [-0.39, 0.29) is 18.2 Å². The van der Waals surface area contributed by atoms with E-state index in [1.165, 1.54) is 21.0 Å². The van der Waals surface area contributed by atoms with Gasteiger partial charge in [0.05, 0.1) is 7.11 Å². The van der Waals surface area contributed by atoms with Gasteiger partial charge in [-0.2, -0.15) is 0 Å². The van der Waals surface area contributed by atoms with Gasteiger partial charge in [0.1, 0.15) is 11.5 Å². The highest BCUT2D eigenvalue weighted by Crippen LogP contribution is 2.15. The largest absolute Gasteiger partial charge is 0.497 e. The molecule has 0 saturated heterocycles. The van der Waals surface area contributed by atoms with Crippen molar-refractivity contribution in [3.63, 3.8) is 0 Å². The van der Waals surface area contributed by atoms with Crippen LogP contribution in [0.4, 0.5) is 0 Å². The van der Waals surface area contributed by atoms with E-state index in [0.717, 1.165) is 0 Å². The van der Waals surface area contributed by atoms with E-state index >= 15 is 0 Å². The van der Waals surface area contributed by atoms with Crippen molar-refractivity contribution < 1.29 is 28.6 Å². The molecule has 0 saturated carbocycles. The molecule has 0 spiro atoms. The van der Waals surface area contributed by atoms with E-state index in [1.807, 2.05) is 0 Å². The third-order valence-corrected chi connectivity index (χ3v) is 3.67. The van der Waals surface area contributed by atoms with Crippen molar-refractivity contribution in [1.82, 2.24) is 0 Å². The minimum atomic E-state index is -0.931. The Morgan fingerprint density at radius 2 is 1.42 bits per heavy atom. The molecule has 0 N–H and O–H groups in total. The Bertz CT molecular complexity index is 777. The number of Topliss-reactive ketones (excluding diaryl/α,β-unsaturated/α-hetero) is 2. The van der Waals surface area contributed by atoms with Crippen molar-refractivity contribution in [3.05, 3.63) is 59.7 Å². The number of benzene rings is 2.